The van der Waals surface area contributed by atoms with Crippen LogP contribution < -0.4 is 5.32 Å². The molecule has 2 saturated carbocycles. The average Bonchev–Trinajstić information content (AvgIpc) is 3.11. The summed E-state index contributed by atoms with van der Waals surface area (Å²) in [7, 11) is 0. The summed E-state index contributed by atoms with van der Waals surface area (Å²) in [5, 5.41) is 6.33. The highest BCUT2D eigenvalue weighted by molar-refractivity contribution is 7.10. The van der Waals surface area contributed by atoms with Crippen LogP contribution in [0.15, 0.2) is 17.5 Å². The van der Waals surface area contributed by atoms with Crippen molar-refractivity contribution in [3.05, 3.63) is 22.4 Å². The maximum atomic E-state index is 4.08. The van der Waals surface area contributed by atoms with E-state index < -0.39 is 0 Å². The number of rotatable bonds is 4. The minimum absolute atomic E-state index is 0.641. The molecule has 0 bridgehead atoms. The van der Waals surface area contributed by atoms with Gasteiger partial charge in [-0.15, -0.1) is 11.3 Å². The van der Waals surface area contributed by atoms with E-state index in [-0.39, 0.29) is 0 Å². The second kappa shape index (κ2) is 7.61. The molecule has 2 aliphatic carbocycles. The summed E-state index contributed by atoms with van der Waals surface area (Å²) in [4.78, 5) is 1.58. The Morgan fingerprint density at radius 1 is 0.900 bits per heavy atom. The van der Waals surface area contributed by atoms with Crippen LogP contribution in [-0.2, 0) is 0 Å². The molecule has 1 unspecified atom stereocenters. The number of hydrogen-bond donors (Lipinski definition) is 1. The van der Waals surface area contributed by atoms with Crippen molar-refractivity contribution < 1.29 is 0 Å². The lowest BCUT2D eigenvalue weighted by Gasteiger charge is -2.30. The SMILES string of the molecule is c1csc(C(NC2CCCCCCC2)C2CCCC2)c1. The Morgan fingerprint density at radius 2 is 1.55 bits per heavy atom. The second-order valence-corrected chi connectivity index (χ2v) is 7.73. The first-order chi connectivity index (χ1) is 9.93. The van der Waals surface area contributed by atoms with Crippen molar-refractivity contribution in [2.75, 3.05) is 0 Å². The third kappa shape index (κ3) is 3.85. The second-order valence-electron chi connectivity index (χ2n) is 6.75. The highest BCUT2D eigenvalue weighted by Gasteiger charge is 2.28. The molecule has 0 aromatic carbocycles. The number of thiophene rings is 1. The van der Waals surface area contributed by atoms with Crippen molar-refractivity contribution in [1.29, 1.82) is 0 Å². The van der Waals surface area contributed by atoms with Crippen molar-refractivity contribution >= 4 is 11.3 Å². The number of nitrogens with one attached hydrogen (secondary N) is 1. The van der Waals surface area contributed by atoms with Crippen molar-refractivity contribution in [3.63, 3.8) is 0 Å². The summed E-state index contributed by atoms with van der Waals surface area (Å²) in [6.45, 7) is 0. The van der Waals surface area contributed by atoms with E-state index in [2.05, 4.69) is 22.8 Å². The third-order valence-electron chi connectivity index (χ3n) is 5.24. The minimum Gasteiger partial charge on any atom is -0.306 e. The van der Waals surface area contributed by atoms with E-state index in [4.69, 9.17) is 0 Å². The Labute approximate surface area is 128 Å². The standard InChI is InChI=1S/C18H29NS/c1-2-4-11-16(12-5-3-1)19-18(15-9-6-7-10-15)17-13-8-14-20-17/h8,13-16,18-19H,1-7,9-12H2. The fourth-order valence-electron chi connectivity index (χ4n) is 4.09. The molecule has 0 radical (unpaired) electrons. The molecule has 2 heteroatoms. The lowest BCUT2D eigenvalue weighted by molar-refractivity contribution is 0.296. The summed E-state index contributed by atoms with van der Waals surface area (Å²) in [6.07, 6.45) is 15.8. The van der Waals surface area contributed by atoms with Crippen molar-refractivity contribution in [3.8, 4) is 0 Å². The van der Waals surface area contributed by atoms with Gasteiger partial charge in [0, 0.05) is 17.0 Å². The smallest absolute Gasteiger partial charge is 0.0445 e. The highest BCUT2D eigenvalue weighted by Crippen LogP contribution is 2.38. The van der Waals surface area contributed by atoms with E-state index in [0.717, 1.165) is 12.0 Å². The minimum atomic E-state index is 0.641. The summed E-state index contributed by atoms with van der Waals surface area (Å²) in [6, 6.07) is 5.98. The molecular weight excluding hydrogens is 262 g/mol. The molecule has 0 spiro atoms. The lowest BCUT2D eigenvalue weighted by Crippen LogP contribution is -2.36. The molecule has 3 rings (SSSR count). The van der Waals surface area contributed by atoms with E-state index in [0.29, 0.717) is 6.04 Å². The van der Waals surface area contributed by atoms with Gasteiger partial charge in [-0.1, -0.05) is 51.0 Å². The number of hydrogen-bond acceptors (Lipinski definition) is 2. The van der Waals surface area contributed by atoms with E-state index in [1.54, 1.807) is 4.88 Å². The molecule has 1 nitrogen and oxygen atoms in total. The fraction of sp³-hybridized carbons (Fsp3) is 0.778. The first kappa shape index (κ1) is 14.6. The summed E-state index contributed by atoms with van der Waals surface area (Å²) >= 11 is 1.95. The molecule has 112 valence electrons. The predicted octanol–water partition coefficient (Wildman–Crippen LogP) is 5.68. The van der Waals surface area contributed by atoms with E-state index >= 15 is 0 Å². The first-order valence-corrected chi connectivity index (χ1v) is 9.61. The molecule has 0 aliphatic heterocycles. The van der Waals surface area contributed by atoms with Gasteiger partial charge in [0.25, 0.3) is 0 Å². The Balaban J connectivity index is 1.65. The average molecular weight is 292 g/mol. The highest BCUT2D eigenvalue weighted by atomic mass is 32.1. The van der Waals surface area contributed by atoms with Gasteiger partial charge in [-0.2, -0.15) is 0 Å². The van der Waals surface area contributed by atoms with E-state index in [1.165, 1.54) is 70.6 Å². The molecule has 0 saturated heterocycles. The third-order valence-corrected chi connectivity index (χ3v) is 6.20. The zero-order valence-electron chi connectivity index (χ0n) is 12.7. The fourth-order valence-corrected chi connectivity index (χ4v) is 4.96. The lowest BCUT2D eigenvalue weighted by atomic mass is 9.92. The molecule has 1 aromatic rings. The molecule has 2 fully saturated rings. The molecule has 2 aliphatic rings. The van der Waals surface area contributed by atoms with Gasteiger partial charge in [0.2, 0.25) is 0 Å². The van der Waals surface area contributed by atoms with Gasteiger partial charge >= 0.3 is 0 Å². The Hall–Kier alpha value is -0.340. The quantitative estimate of drug-likeness (QED) is 0.752. The van der Waals surface area contributed by atoms with Crippen molar-refractivity contribution in [2.24, 2.45) is 5.92 Å². The Kier molecular flexibility index (Phi) is 5.55. The molecule has 1 N–H and O–H groups in total. The van der Waals surface area contributed by atoms with Crippen LogP contribution in [0.3, 0.4) is 0 Å². The Bertz CT molecular complexity index is 359. The summed E-state index contributed by atoms with van der Waals surface area (Å²) < 4.78 is 0. The van der Waals surface area contributed by atoms with Crippen LogP contribution in [0.2, 0.25) is 0 Å². The monoisotopic (exact) mass is 291 g/mol. The van der Waals surface area contributed by atoms with Crippen molar-refractivity contribution in [2.45, 2.75) is 82.7 Å². The molecule has 20 heavy (non-hydrogen) atoms. The molecular formula is C18H29NS. The first-order valence-electron chi connectivity index (χ1n) is 8.73. The van der Waals surface area contributed by atoms with Crippen molar-refractivity contribution in [1.82, 2.24) is 5.32 Å². The molecule has 1 aromatic heterocycles. The maximum Gasteiger partial charge on any atom is 0.0445 e. The van der Waals surface area contributed by atoms with E-state index in [1.807, 2.05) is 11.3 Å². The van der Waals surface area contributed by atoms with Crippen LogP contribution >= 0.6 is 11.3 Å². The van der Waals surface area contributed by atoms with Gasteiger partial charge in [0.15, 0.2) is 0 Å². The van der Waals surface area contributed by atoms with Crippen LogP contribution in [0.1, 0.15) is 81.5 Å². The zero-order valence-corrected chi connectivity index (χ0v) is 13.5. The summed E-state index contributed by atoms with van der Waals surface area (Å²) in [5.74, 6) is 0.888. The van der Waals surface area contributed by atoms with Gasteiger partial charge < -0.3 is 5.32 Å². The van der Waals surface area contributed by atoms with Crippen LogP contribution in [0.25, 0.3) is 0 Å². The van der Waals surface area contributed by atoms with Gasteiger partial charge in [0.05, 0.1) is 0 Å². The zero-order chi connectivity index (χ0) is 13.6. The van der Waals surface area contributed by atoms with Gasteiger partial charge in [-0.25, -0.2) is 0 Å². The van der Waals surface area contributed by atoms with Crippen LogP contribution in [0.4, 0.5) is 0 Å². The normalized spacial score (nSPS) is 24.4. The van der Waals surface area contributed by atoms with Gasteiger partial charge in [0.1, 0.15) is 0 Å². The molecule has 1 atom stereocenters. The van der Waals surface area contributed by atoms with Gasteiger partial charge in [-0.05, 0) is 43.0 Å². The Morgan fingerprint density at radius 3 is 2.20 bits per heavy atom. The molecule has 0 amide bonds. The van der Waals surface area contributed by atoms with Crippen LogP contribution in [0.5, 0.6) is 0 Å². The predicted molar refractivity (Wildman–Crippen MR) is 88.3 cm³/mol. The van der Waals surface area contributed by atoms with E-state index in [9.17, 15) is 0 Å². The van der Waals surface area contributed by atoms with Crippen LogP contribution in [-0.4, -0.2) is 6.04 Å². The summed E-state index contributed by atoms with van der Waals surface area (Å²) in [5.41, 5.74) is 0. The topological polar surface area (TPSA) is 12.0 Å². The molecule has 1 heterocycles. The van der Waals surface area contributed by atoms with Crippen LogP contribution in [0, 0.1) is 5.92 Å². The van der Waals surface area contributed by atoms with Gasteiger partial charge in [-0.3, -0.25) is 0 Å². The largest absolute Gasteiger partial charge is 0.306 e. The maximum absolute atomic E-state index is 4.08.